The highest BCUT2D eigenvalue weighted by atomic mass is 16.2. The third-order valence-electron chi connectivity index (χ3n) is 1.57. The maximum absolute atomic E-state index is 9.03. The van der Waals surface area contributed by atoms with E-state index in [2.05, 4.69) is 5.23 Å². The Balaban J connectivity index is 2.86. The molecule has 64 valence electrons. The lowest BCUT2D eigenvalue weighted by Crippen LogP contribution is -2.20. The van der Waals surface area contributed by atoms with Gasteiger partial charge in [0.2, 0.25) is 0 Å². The molecule has 4 N–H and O–H groups in total. The molecule has 0 amide bonds. The quantitative estimate of drug-likeness (QED) is 0.453. The normalized spacial score (nSPS) is 9.58. The number of hydrogen-bond acceptors (Lipinski definition) is 3. The molecule has 0 fully saturated rings. The molecule has 0 aliphatic rings. The van der Waals surface area contributed by atoms with Crippen molar-refractivity contribution in [2.24, 2.45) is 0 Å². The lowest BCUT2D eigenvalue weighted by molar-refractivity contribution is 0.587. The Labute approximate surface area is 72.7 Å². The molecule has 0 atom stereocenters. The molecule has 0 bridgehead atoms. The number of rotatable bonds is 2. The van der Waals surface area contributed by atoms with Crippen molar-refractivity contribution in [1.82, 2.24) is 0 Å². The van der Waals surface area contributed by atoms with Gasteiger partial charge in [0.1, 0.15) is 0 Å². The zero-order valence-electron chi connectivity index (χ0n) is 7.33. The summed E-state index contributed by atoms with van der Waals surface area (Å²) in [4.78, 5) is 0. The Kier molecular flexibility index (Phi) is 2.60. The van der Waals surface area contributed by atoms with Gasteiger partial charge in [-0.3, -0.25) is 0 Å². The molecule has 12 heavy (non-hydrogen) atoms. The molecule has 4 heteroatoms. The lowest BCUT2D eigenvalue weighted by atomic mass is 9.88. The number of anilines is 2. The first kappa shape index (κ1) is 8.94. The molecule has 0 aromatic heterocycles. The van der Waals surface area contributed by atoms with Gasteiger partial charge in [-0.25, -0.2) is 0 Å². The van der Waals surface area contributed by atoms with E-state index in [0.717, 1.165) is 11.3 Å². The van der Waals surface area contributed by atoms with Crippen molar-refractivity contribution in [3.63, 3.8) is 0 Å². The van der Waals surface area contributed by atoms with Gasteiger partial charge in [-0.05, 0) is 31.4 Å². The first-order chi connectivity index (χ1) is 5.59. The van der Waals surface area contributed by atoms with Gasteiger partial charge in [-0.1, -0.05) is 6.07 Å². The van der Waals surface area contributed by atoms with Crippen molar-refractivity contribution >= 4 is 18.4 Å². The second kappa shape index (κ2) is 3.49. The Morgan fingerprint density at radius 1 is 1.50 bits per heavy atom. The van der Waals surface area contributed by atoms with Crippen LogP contribution in [0.15, 0.2) is 18.2 Å². The number of nitrogens with two attached hydrogens (primary N) is 1. The van der Waals surface area contributed by atoms with Gasteiger partial charge in [-0.2, -0.15) is 0 Å². The van der Waals surface area contributed by atoms with Crippen LogP contribution in [-0.2, 0) is 0 Å². The molecule has 1 aromatic carbocycles. The highest BCUT2D eigenvalue weighted by molar-refractivity contribution is 6.53. The summed E-state index contributed by atoms with van der Waals surface area (Å²) in [5.74, 6) is 0. The highest BCUT2D eigenvalue weighted by Gasteiger charge is 2.04. The monoisotopic (exact) mass is 164 g/mol. The minimum atomic E-state index is -0.574. The third kappa shape index (κ3) is 2.17. The van der Waals surface area contributed by atoms with Crippen molar-refractivity contribution in [3.8, 4) is 0 Å². The smallest absolute Gasteiger partial charge is 0.406 e. The third-order valence-corrected chi connectivity index (χ3v) is 1.57. The first-order valence-corrected chi connectivity index (χ1v) is 3.90. The molecule has 0 spiro atoms. The van der Waals surface area contributed by atoms with Gasteiger partial charge in [0, 0.05) is 5.69 Å². The highest BCUT2D eigenvalue weighted by Crippen LogP contribution is 2.19. The van der Waals surface area contributed by atoms with E-state index in [9.17, 15) is 0 Å². The number of aryl methyl sites for hydroxylation is 1. The van der Waals surface area contributed by atoms with E-state index < -0.39 is 7.05 Å². The number of hydrogen-bond donors (Lipinski definition) is 3. The van der Waals surface area contributed by atoms with E-state index in [-0.39, 0.29) is 0 Å². The Hall–Kier alpha value is -1.16. The van der Waals surface area contributed by atoms with Crippen molar-refractivity contribution < 1.29 is 5.02 Å². The summed E-state index contributed by atoms with van der Waals surface area (Å²) >= 11 is 0. The fourth-order valence-electron chi connectivity index (χ4n) is 1.04. The fourth-order valence-corrected chi connectivity index (χ4v) is 1.04. The Morgan fingerprint density at radius 2 is 2.17 bits per heavy atom. The molecule has 1 rings (SSSR count). The van der Waals surface area contributed by atoms with Gasteiger partial charge in [0.25, 0.3) is 0 Å². The summed E-state index contributed by atoms with van der Waals surface area (Å²) in [5, 5.41) is 11.9. The minimum absolute atomic E-state index is 0.574. The zero-order valence-corrected chi connectivity index (χ0v) is 7.33. The maximum Gasteiger partial charge on any atom is 0.406 e. The van der Waals surface area contributed by atoms with Gasteiger partial charge in [-0.15, -0.1) is 0 Å². The van der Waals surface area contributed by atoms with Crippen LogP contribution in [-0.4, -0.2) is 12.1 Å². The van der Waals surface area contributed by atoms with Crippen molar-refractivity contribution in [2.75, 3.05) is 11.0 Å². The maximum atomic E-state index is 9.03. The van der Waals surface area contributed by atoms with Crippen LogP contribution in [0.25, 0.3) is 0 Å². The molecular formula is C8H13BN2O. The largest absolute Gasteiger partial charge is 0.433 e. The van der Waals surface area contributed by atoms with Crippen LogP contribution in [0, 0.1) is 6.92 Å². The topological polar surface area (TPSA) is 58.3 Å². The van der Waals surface area contributed by atoms with Crippen LogP contribution in [0.2, 0.25) is 6.82 Å². The van der Waals surface area contributed by atoms with Crippen LogP contribution in [0.1, 0.15) is 5.56 Å². The van der Waals surface area contributed by atoms with Crippen molar-refractivity contribution in [2.45, 2.75) is 13.7 Å². The molecule has 0 saturated carbocycles. The standard InChI is InChI=1S/C8H13BN2O/c1-6-3-4-8(7(10)5-6)11-9(2)12/h3-5,11-12H,10H2,1-2H3. The molecule has 0 aliphatic carbocycles. The second-order valence-corrected chi connectivity index (χ2v) is 2.91. The fraction of sp³-hybridized carbons (Fsp3) is 0.250. The summed E-state index contributed by atoms with van der Waals surface area (Å²) in [5.41, 5.74) is 8.25. The predicted octanol–water partition coefficient (Wildman–Crippen LogP) is 1.10. The van der Waals surface area contributed by atoms with Gasteiger partial charge >= 0.3 is 7.05 Å². The first-order valence-electron chi connectivity index (χ1n) is 3.90. The average Bonchev–Trinajstić information content (AvgIpc) is 1.94. The molecule has 1 aromatic rings. The number of nitrogens with one attached hydrogen (secondary N) is 1. The summed E-state index contributed by atoms with van der Waals surface area (Å²) in [7, 11) is -0.574. The average molecular weight is 164 g/mol. The molecule has 0 unspecified atom stereocenters. The molecule has 0 radical (unpaired) electrons. The van der Waals surface area contributed by atoms with Gasteiger partial charge in [0.15, 0.2) is 0 Å². The van der Waals surface area contributed by atoms with Crippen LogP contribution < -0.4 is 11.0 Å². The lowest BCUT2D eigenvalue weighted by Gasteiger charge is -2.09. The van der Waals surface area contributed by atoms with E-state index in [0.29, 0.717) is 5.69 Å². The van der Waals surface area contributed by atoms with E-state index in [1.807, 2.05) is 25.1 Å². The zero-order chi connectivity index (χ0) is 9.14. The van der Waals surface area contributed by atoms with Gasteiger partial charge < -0.3 is 16.0 Å². The summed E-state index contributed by atoms with van der Waals surface area (Å²) in [6, 6.07) is 5.67. The summed E-state index contributed by atoms with van der Waals surface area (Å²) in [6.07, 6.45) is 0. The SMILES string of the molecule is CB(O)Nc1ccc(C)cc1N. The van der Waals surface area contributed by atoms with Crippen molar-refractivity contribution in [3.05, 3.63) is 23.8 Å². The van der Waals surface area contributed by atoms with Crippen LogP contribution in [0.5, 0.6) is 0 Å². The Bertz CT molecular complexity index is 276. The summed E-state index contributed by atoms with van der Waals surface area (Å²) in [6.45, 7) is 3.63. The van der Waals surface area contributed by atoms with Crippen molar-refractivity contribution in [1.29, 1.82) is 0 Å². The predicted molar refractivity (Wildman–Crippen MR) is 53.1 cm³/mol. The second-order valence-electron chi connectivity index (χ2n) is 2.91. The van der Waals surface area contributed by atoms with E-state index in [4.69, 9.17) is 10.8 Å². The van der Waals surface area contributed by atoms with E-state index >= 15 is 0 Å². The number of benzene rings is 1. The van der Waals surface area contributed by atoms with Crippen LogP contribution in [0.4, 0.5) is 11.4 Å². The van der Waals surface area contributed by atoms with Crippen LogP contribution >= 0.6 is 0 Å². The molecule has 0 saturated heterocycles. The molecule has 3 nitrogen and oxygen atoms in total. The van der Waals surface area contributed by atoms with E-state index in [1.165, 1.54) is 0 Å². The molecular weight excluding hydrogens is 151 g/mol. The number of nitrogen functional groups attached to an aromatic ring is 1. The van der Waals surface area contributed by atoms with E-state index in [1.54, 1.807) is 6.82 Å². The summed E-state index contributed by atoms with van der Waals surface area (Å²) < 4.78 is 0. The Morgan fingerprint density at radius 3 is 2.67 bits per heavy atom. The molecule has 0 heterocycles. The van der Waals surface area contributed by atoms with Gasteiger partial charge in [0.05, 0.1) is 5.69 Å². The minimum Gasteiger partial charge on any atom is -0.433 e. The molecule has 0 aliphatic heterocycles. The van der Waals surface area contributed by atoms with Crippen LogP contribution in [0.3, 0.4) is 0 Å².